The topological polar surface area (TPSA) is 26.0 Å². The highest BCUT2D eigenvalue weighted by Gasteiger charge is 2.20. The zero-order chi connectivity index (χ0) is 21.9. The van der Waals surface area contributed by atoms with Crippen LogP contribution < -0.4 is 0 Å². The molecule has 3 heteroatoms. The van der Waals surface area contributed by atoms with Crippen molar-refractivity contribution in [2.75, 3.05) is 0 Å². The quantitative estimate of drug-likeness (QED) is 0.273. The molecule has 0 N–H and O–H groups in total. The van der Waals surface area contributed by atoms with E-state index in [2.05, 4.69) is 81.4 Å². The monoisotopic (exact) mass is 433 g/mol. The van der Waals surface area contributed by atoms with Crippen molar-refractivity contribution in [2.45, 2.75) is 26.2 Å². The van der Waals surface area contributed by atoms with Gasteiger partial charge in [0.05, 0.1) is 15.3 Å². The van der Waals surface area contributed by atoms with E-state index in [1.807, 2.05) is 24.4 Å². The average Bonchev–Trinajstić information content (AvgIpc) is 3.41. The third kappa shape index (κ3) is 3.12. The second-order valence-corrected chi connectivity index (χ2v) is 10.4. The highest BCUT2D eigenvalue weighted by atomic mass is 32.1. The van der Waals surface area contributed by atoms with Gasteiger partial charge in [-0.2, -0.15) is 0 Å². The lowest BCUT2D eigenvalue weighted by molar-refractivity contribution is 0.596. The summed E-state index contributed by atoms with van der Waals surface area (Å²) in [5.41, 5.74) is 4.50. The van der Waals surface area contributed by atoms with Crippen LogP contribution in [-0.4, -0.2) is 4.98 Å². The molecule has 0 saturated carbocycles. The van der Waals surface area contributed by atoms with E-state index in [0.29, 0.717) is 0 Å². The summed E-state index contributed by atoms with van der Waals surface area (Å²) in [4.78, 5) is 5.96. The minimum absolute atomic E-state index is 0.0401. The van der Waals surface area contributed by atoms with Crippen molar-refractivity contribution in [1.82, 2.24) is 4.98 Å². The largest absolute Gasteiger partial charge is 0.455 e. The van der Waals surface area contributed by atoms with Gasteiger partial charge in [-0.3, -0.25) is 4.98 Å². The van der Waals surface area contributed by atoms with Crippen molar-refractivity contribution in [3.63, 3.8) is 0 Å². The van der Waals surface area contributed by atoms with E-state index in [1.54, 1.807) is 11.3 Å². The van der Waals surface area contributed by atoms with Gasteiger partial charge in [-0.25, -0.2) is 0 Å². The number of pyridine rings is 1. The molecule has 0 fully saturated rings. The zero-order valence-corrected chi connectivity index (χ0v) is 19.2. The molecule has 6 aromatic rings. The van der Waals surface area contributed by atoms with Crippen LogP contribution in [0.15, 0.2) is 89.5 Å². The molecule has 3 aromatic carbocycles. The van der Waals surface area contributed by atoms with Gasteiger partial charge in [-0.1, -0.05) is 63.2 Å². The van der Waals surface area contributed by atoms with Crippen LogP contribution in [0, 0.1) is 0 Å². The first kappa shape index (κ1) is 19.3. The normalized spacial score (nSPS) is 12.2. The minimum atomic E-state index is 0.0401. The van der Waals surface area contributed by atoms with Crippen LogP contribution in [0.2, 0.25) is 0 Å². The van der Waals surface area contributed by atoms with Crippen molar-refractivity contribution in [2.24, 2.45) is 0 Å². The van der Waals surface area contributed by atoms with Crippen molar-refractivity contribution < 1.29 is 4.42 Å². The molecule has 2 nitrogen and oxygen atoms in total. The molecule has 6 rings (SSSR count). The molecule has 32 heavy (non-hydrogen) atoms. The number of rotatable bonds is 2. The van der Waals surface area contributed by atoms with Crippen LogP contribution in [-0.2, 0) is 5.41 Å². The van der Waals surface area contributed by atoms with Crippen LogP contribution >= 0.6 is 11.3 Å². The van der Waals surface area contributed by atoms with Crippen LogP contribution in [0.1, 0.15) is 26.3 Å². The summed E-state index contributed by atoms with van der Waals surface area (Å²) in [6.07, 6.45) is 1.92. The lowest BCUT2D eigenvalue weighted by atomic mass is 9.82. The molecule has 3 heterocycles. The van der Waals surface area contributed by atoms with Gasteiger partial charge >= 0.3 is 0 Å². The second kappa shape index (κ2) is 7.04. The SMILES string of the molecule is CC(C)(C)c1cc(-c2nccc3cc(-c4cc5ccccc5o4)sc23)cc2ccccc12. The molecule has 0 saturated heterocycles. The first-order chi connectivity index (χ1) is 15.5. The van der Waals surface area contributed by atoms with E-state index in [0.717, 1.165) is 32.9 Å². The van der Waals surface area contributed by atoms with Gasteiger partial charge in [0.25, 0.3) is 0 Å². The first-order valence-corrected chi connectivity index (χ1v) is 11.7. The summed E-state index contributed by atoms with van der Waals surface area (Å²) in [6, 6.07) is 27.8. The Labute approximate surface area is 191 Å². The van der Waals surface area contributed by atoms with Gasteiger partial charge < -0.3 is 4.42 Å². The Morgan fingerprint density at radius 1 is 0.781 bits per heavy atom. The Morgan fingerprint density at radius 2 is 1.56 bits per heavy atom. The molecule has 0 radical (unpaired) electrons. The third-order valence-electron chi connectivity index (χ3n) is 6.05. The standard InChI is InChI=1S/C29H23NOS/c1-29(2,3)23-15-21(14-18-8-4-6-10-22(18)23)27-28-20(12-13-30-27)17-26(32-28)25-16-19-9-5-7-11-24(19)31-25/h4-17H,1-3H3. The third-order valence-corrected chi connectivity index (χ3v) is 7.22. The van der Waals surface area contributed by atoms with E-state index >= 15 is 0 Å². The number of para-hydroxylation sites is 1. The summed E-state index contributed by atoms with van der Waals surface area (Å²) >= 11 is 1.75. The van der Waals surface area contributed by atoms with Crippen molar-refractivity contribution in [1.29, 1.82) is 0 Å². The number of benzene rings is 3. The summed E-state index contributed by atoms with van der Waals surface area (Å²) < 4.78 is 7.33. The number of aromatic nitrogens is 1. The lowest BCUT2D eigenvalue weighted by Crippen LogP contribution is -2.12. The van der Waals surface area contributed by atoms with Gasteiger partial charge in [-0.15, -0.1) is 11.3 Å². The molecule has 0 bridgehead atoms. The predicted octanol–water partition coefficient (Wildman–Crippen LogP) is 8.83. The van der Waals surface area contributed by atoms with E-state index in [9.17, 15) is 0 Å². The molecule has 0 atom stereocenters. The molecule has 0 aliphatic carbocycles. The van der Waals surface area contributed by atoms with Gasteiger partial charge in [-0.05, 0) is 63.5 Å². The summed E-state index contributed by atoms with van der Waals surface area (Å²) in [5, 5.41) is 4.89. The second-order valence-electron chi connectivity index (χ2n) is 9.33. The van der Waals surface area contributed by atoms with Crippen molar-refractivity contribution in [3.05, 3.63) is 90.6 Å². The lowest BCUT2D eigenvalue weighted by Gasteiger charge is -2.22. The first-order valence-electron chi connectivity index (χ1n) is 10.9. The fraction of sp³-hybridized carbons (Fsp3) is 0.138. The maximum Gasteiger partial charge on any atom is 0.145 e. The van der Waals surface area contributed by atoms with Crippen molar-refractivity contribution in [3.8, 4) is 21.9 Å². The van der Waals surface area contributed by atoms with Crippen LogP contribution in [0.25, 0.3) is 53.7 Å². The number of fused-ring (bicyclic) bond motifs is 3. The van der Waals surface area contributed by atoms with E-state index in [1.165, 1.54) is 26.4 Å². The Bertz CT molecular complexity index is 1580. The van der Waals surface area contributed by atoms with Crippen LogP contribution in [0.5, 0.6) is 0 Å². The van der Waals surface area contributed by atoms with Gasteiger partial charge in [0.2, 0.25) is 0 Å². The molecule has 0 unspecified atom stereocenters. The van der Waals surface area contributed by atoms with Crippen LogP contribution in [0.4, 0.5) is 0 Å². The molecular formula is C29H23NOS. The zero-order valence-electron chi connectivity index (χ0n) is 18.3. The predicted molar refractivity (Wildman–Crippen MR) is 136 cm³/mol. The Morgan fingerprint density at radius 3 is 2.38 bits per heavy atom. The average molecular weight is 434 g/mol. The highest BCUT2D eigenvalue weighted by molar-refractivity contribution is 7.22. The van der Waals surface area contributed by atoms with Gasteiger partial charge in [0.1, 0.15) is 11.3 Å². The molecule has 3 aromatic heterocycles. The maximum atomic E-state index is 6.14. The Balaban J connectivity index is 1.56. The number of nitrogens with zero attached hydrogens (tertiary/aromatic N) is 1. The molecule has 0 spiro atoms. The Hall–Kier alpha value is -3.43. The number of furan rings is 1. The Kier molecular flexibility index (Phi) is 4.24. The number of hydrogen-bond acceptors (Lipinski definition) is 3. The molecule has 0 aliphatic rings. The molecule has 156 valence electrons. The highest BCUT2D eigenvalue weighted by Crippen LogP contribution is 2.41. The number of thiophene rings is 1. The summed E-state index contributed by atoms with van der Waals surface area (Å²) in [7, 11) is 0. The summed E-state index contributed by atoms with van der Waals surface area (Å²) in [6.45, 7) is 6.83. The van der Waals surface area contributed by atoms with Crippen LogP contribution in [0.3, 0.4) is 0 Å². The minimum Gasteiger partial charge on any atom is -0.455 e. The summed E-state index contributed by atoms with van der Waals surface area (Å²) in [5.74, 6) is 0.909. The molecular weight excluding hydrogens is 410 g/mol. The van der Waals surface area contributed by atoms with E-state index in [-0.39, 0.29) is 5.41 Å². The number of hydrogen-bond donors (Lipinski definition) is 0. The maximum absolute atomic E-state index is 6.14. The fourth-order valence-electron chi connectivity index (χ4n) is 4.46. The fourth-order valence-corrected chi connectivity index (χ4v) is 5.58. The van der Waals surface area contributed by atoms with Crippen molar-refractivity contribution >= 4 is 43.2 Å². The van der Waals surface area contributed by atoms with E-state index < -0.39 is 0 Å². The smallest absolute Gasteiger partial charge is 0.145 e. The van der Waals surface area contributed by atoms with E-state index in [4.69, 9.17) is 9.40 Å². The molecule has 0 aliphatic heterocycles. The molecule has 0 amide bonds. The van der Waals surface area contributed by atoms with Gasteiger partial charge in [0.15, 0.2) is 0 Å². The van der Waals surface area contributed by atoms with Gasteiger partial charge in [0, 0.05) is 17.1 Å².